The fourth-order valence-electron chi connectivity index (χ4n) is 4.03. The number of aromatic nitrogens is 2. The molecule has 11 heteroatoms. The van der Waals surface area contributed by atoms with Crippen LogP contribution in [-0.2, 0) is 24.1 Å². The zero-order valence-electron chi connectivity index (χ0n) is 16.7. The van der Waals surface area contributed by atoms with E-state index in [-0.39, 0.29) is 23.1 Å². The van der Waals surface area contributed by atoms with Crippen molar-refractivity contribution in [2.75, 3.05) is 19.4 Å². The maximum absolute atomic E-state index is 13.3. The molecule has 0 spiro atoms. The summed E-state index contributed by atoms with van der Waals surface area (Å²) in [6.07, 6.45) is -4.59. The molecule has 0 bridgehead atoms. The van der Waals surface area contributed by atoms with Crippen molar-refractivity contribution in [1.82, 2.24) is 14.9 Å². The number of rotatable bonds is 2. The Labute approximate surface area is 184 Å². The molecule has 0 unspecified atom stereocenters. The van der Waals surface area contributed by atoms with Crippen molar-refractivity contribution in [1.29, 1.82) is 0 Å². The lowest BCUT2D eigenvalue weighted by atomic mass is 10.0. The second kappa shape index (κ2) is 7.21. The highest BCUT2D eigenvalue weighted by Gasteiger charge is 2.37. The molecule has 2 aliphatic heterocycles. The van der Waals surface area contributed by atoms with E-state index in [1.807, 2.05) is 0 Å². The number of carbonyl (C=O) groups excluding carboxylic acids is 1. The lowest BCUT2D eigenvalue weighted by Gasteiger charge is -2.24. The summed E-state index contributed by atoms with van der Waals surface area (Å²) in [6, 6.07) is 4.77. The normalized spacial score (nSPS) is 17.2. The van der Waals surface area contributed by atoms with Crippen molar-refractivity contribution >= 4 is 34.2 Å². The van der Waals surface area contributed by atoms with E-state index in [0.717, 1.165) is 17.2 Å². The molecule has 0 saturated heterocycles. The molecule has 1 aromatic carbocycles. The third kappa shape index (κ3) is 3.21. The van der Waals surface area contributed by atoms with Gasteiger partial charge in [0.25, 0.3) is 5.91 Å². The summed E-state index contributed by atoms with van der Waals surface area (Å²) in [6.45, 7) is 0.679. The van der Waals surface area contributed by atoms with Gasteiger partial charge < -0.3 is 20.1 Å². The Bertz CT molecular complexity index is 1280. The van der Waals surface area contributed by atoms with Crippen LogP contribution < -0.4 is 10.5 Å². The number of amides is 1. The number of hydrogen-bond donors (Lipinski definition) is 1. The number of nitrogen functional groups attached to an aromatic ring is 1. The molecule has 166 valence electrons. The maximum atomic E-state index is 13.3. The summed E-state index contributed by atoms with van der Waals surface area (Å²) in [5.74, 6) is -0.186. The van der Waals surface area contributed by atoms with Gasteiger partial charge in [-0.3, -0.25) is 4.79 Å². The van der Waals surface area contributed by atoms with E-state index in [0.29, 0.717) is 35.5 Å². The first-order chi connectivity index (χ1) is 15.1. The van der Waals surface area contributed by atoms with Crippen LogP contribution in [-0.4, -0.2) is 34.4 Å². The Balaban J connectivity index is 1.50. The number of ether oxygens (including phenoxy) is 2. The molecule has 2 N–H and O–H groups in total. The van der Waals surface area contributed by atoms with Crippen molar-refractivity contribution in [3.63, 3.8) is 0 Å². The number of hydrogen-bond acceptors (Lipinski definition) is 6. The number of halogens is 4. The number of likely N-dealkylation sites (N-methyl/N-ethyl adjacent to an activating group) is 1. The van der Waals surface area contributed by atoms with Crippen LogP contribution >= 0.6 is 11.6 Å². The molecule has 1 amide bonds. The first-order valence-electron chi connectivity index (χ1n) is 9.61. The van der Waals surface area contributed by atoms with Gasteiger partial charge in [0.1, 0.15) is 18.1 Å². The second-order valence-electron chi connectivity index (χ2n) is 7.63. The highest BCUT2D eigenvalue weighted by molar-refractivity contribution is 6.34. The number of benzene rings is 1. The molecule has 7 nitrogen and oxygen atoms in total. The molecule has 2 aliphatic rings. The molecule has 3 aromatic rings. The maximum Gasteiger partial charge on any atom is 0.433 e. The number of nitrogens with zero attached hydrogens (tertiary/aromatic N) is 3. The number of carbonyl (C=O) groups is 1. The molecule has 0 radical (unpaired) electrons. The minimum absolute atomic E-state index is 0.0155. The standard InChI is InChI=1S/C21H16ClF3N4O3/c1-29(16-8-32-19-9(16)2-3-17(28-19)21(23,24)25)20(30)11-4-10-12-6-31-7-13(12)18(26)27-15(10)5-14(11)22/h2-5,16H,6-8H2,1H3,(H2,26,27)/t16-/m0/s1. The van der Waals surface area contributed by atoms with Crippen LogP contribution in [0.2, 0.25) is 5.02 Å². The Morgan fingerprint density at radius 1 is 1.22 bits per heavy atom. The SMILES string of the molecule is CN(C(=O)c1cc2c3c(c(N)nc2cc1Cl)COC3)[C@H]1COc2nc(C(F)(F)F)ccc21. The van der Waals surface area contributed by atoms with Gasteiger partial charge in [0, 0.05) is 23.6 Å². The number of fused-ring (bicyclic) bond motifs is 4. The lowest BCUT2D eigenvalue weighted by molar-refractivity contribution is -0.141. The third-order valence-electron chi connectivity index (χ3n) is 5.75. The van der Waals surface area contributed by atoms with Crippen LogP contribution in [0, 0.1) is 0 Å². The highest BCUT2D eigenvalue weighted by Crippen LogP contribution is 2.39. The van der Waals surface area contributed by atoms with E-state index in [2.05, 4.69) is 9.97 Å². The van der Waals surface area contributed by atoms with Crippen molar-refractivity contribution in [3.8, 4) is 5.88 Å². The van der Waals surface area contributed by atoms with Gasteiger partial charge in [-0.15, -0.1) is 0 Å². The predicted molar refractivity (Wildman–Crippen MR) is 109 cm³/mol. The van der Waals surface area contributed by atoms with Crippen LogP contribution in [0.25, 0.3) is 10.9 Å². The minimum atomic E-state index is -4.59. The largest absolute Gasteiger partial charge is 0.475 e. The van der Waals surface area contributed by atoms with Crippen molar-refractivity contribution in [2.45, 2.75) is 25.4 Å². The van der Waals surface area contributed by atoms with E-state index in [4.69, 9.17) is 26.8 Å². The minimum Gasteiger partial charge on any atom is -0.475 e. The van der Waals surface area contributed by atoms with Crippen LogP contribution in [0.5, 0.6) is 5.88 Å². The Morgan fingerprint density at radius 3 is 2.72 bits per heavy atom. The molecule has 0 aliphatic carbocycles. The monoisotopic (exact) mass is 464 g/mol. The zero-order chi connectivity index (χ0) is 22.8. The fourth-order valence-corrected chi connectivity index (χ4v) is 4.27. The van der Waals surface area contributed by atoms with Crippen LogP contribution in [0.4, 0.5) is 19.0 Å². The number of alkyl halides is 3. The van der Waals surface area contributed by atoms with Crippen LogP contribution in [0.3, 0.4) is 0 Å². The van der Waals surface area contributed by atoms with Gasteiger partial charge in [-0.25, -0.2) is 9.97 Å². The number of anilines is 1. The number of nitrogens with two attached hydrogens (primary N) is 1. The summed E-state index contributed by atoms with van der Waals surface area (Å²) >= 11 is 6.40. The smallest absolute Gasteiger partial charge is 0.433 e. The Kier molecular flexibility index (Phi) is 4.68. The van der Waals surface area contributed by atoms with Gasteiger partial charge >= 0.3 is 6.18 Å². The molecule has 5 rings (SSSR count). The summed E-state index contributed by atoms with van der Waals surface area (Å²) in [5.41, 5.74) is 7.78. The summed E-state index contributed by atoms with van der Waals surface area (Å²) in [7, 11) is 1.54. The second-order valence-corrected chi connectivity index (χ2v) is 8.03. The molecule has 0 fully saturated rings. The third-order valence-corrected chi connectivity index (χ3v) is 6.07. The van der Waals surface area contributed by atoms with Gasteiger partial charge in [0.15, 0.2) is 0 Å². The molecule has 0 saturated carbocycles. The number of pyridine rings is 2. The highest BCUT2D eigenvalue weighted by atomic mass is 35.5. The van der Waals surface area contributed by atoms with Crippen molar-refractivity contribution < 1.29 is 27.4 Å². The fraction of sp³-hybridized carbons (Fsp3) is 0.286. The van der Waals surface area contributed by atoms with Gasteiger partial charge in [-0.1, -0.05) is 11.6 Å². The van der Waals surface area contributed by atoms with Gasteiger partial charge in [-0.2, -0.15) is 13.2 Å². The van der Waals surface area contributed by atoms with E-state index in [1.54, 1.807) is 19.2 Å². The van der Waals surface area contributed by atoms with E-state index in [9.17, 15) is 18.0 Å². The van der Waals surface area contributed by atoms with E-state index >= 15 is 0 Å². The molecule has 32 heavy (non-hydrogen) atoms. The first-order valence-corrected chi connectivity index (χ1v) is 9.99. The average molecular weight is 465 g/mol. The summed E-state index contributed by atoms with van der Waals surface area (Å²) in [5, 5.41) is 0.900. The topological polar surface area (TPSA) is 90.6 Å². The van der Waals surface area contributed by atoms with E-state index < -0.39 is 23.8 Å². The zero-order valence-corrected chi connectivity index (χ0v) is 17.4. The molecular formula is C21H16ClF3N4O3. The molecular weight excluding hydrogens is 449 g/mol. The first kappa shape index (κ1) is 20.8. The van der Waals surface area contributed by atoms with Gasteiger partial charge in [-0.05, 0) is 29.8 Å². The molecule has 1 atom stereocenters. The van der Waals surface area contributed by atoms with Crippen molar-refractivity contribution in [2.24, 2.45) is 0 Å². The van der Waals surface area contributed by atoms with Crippen LogP contribution in [0.1, 0.15) is 38.8 Å². The summed E-state index contributed by atoms with van der Waals surface area (Å²) < 4.78 is 49.6. The summed E-state index contributed by atoms with van der Waals surface area (Å²) in [4.78, 5) is 22.6. The van der Waals surface area contributed by atoms with E-state index in [1.165, 1.54) is 11.0 Å². The van der Waals surface area contributed by atoms with Gasteiger partial charge in [0.2, 0.25) is 5.88 Å². The lowest BCUT2D eigenvalue weighted by Crippen LogP contribution is -2.32. The van der Waals surface area contributed by atoms with Gasteiger partial charge in [0.05, 0.1) is 35.4 Å². The average Bonchev–Trinajstić information content (AvgIpc) is 3.39. The van der Waals surface area contributed by atoms with Crippen molar-refractivity contribution in [3.05, 3.63) is 57.2 Å². The quantitative estimate of drug-likeness (QED) is 0.613. The Hall–Kier alpha value is -3.11. The predicted octanol–water partition coefficient (Wildman–Crippen LogP) is 4.12. The van der Waals surface area contributed by atoms with Crippen LogP contribution in [0.15, 0.2) is 24.3 Å². The molecule has 2 aromatic heterocycles. The molecule has 4 heterocycles. The Morgan fingerprint density at radius 2 is 1.97 bits per heavy atom.